The Kier molecular flexibility index (Phi) is 4.24. The normalized spacial score (nSPS) is 10.5. The third kappa shape index (κ3) is 3.59. The highest BCUT2D eigenvalue weighted by Gasteiger charge is 2.11. The van der Waals surface area contributed by atoms with Crippen LogP contribution in [0.4, 0.5) is 10.1 Å². The number of carbonyl (C=O) groups excluding carboxylic acids is 1. The van der Waals surface area contributed by atoms with E-state index in [4.69, 9.17) is 5.73 Å². The molecule has 19 heavy (non-hydrogen) atoms. The number of aryl methyl sites for hydroxylation is 1. The first-order chi connectivity index (χ1) is 9.08. The smallest absolute Gasteiger partial charge is 0.229 e. The lowest BCUT2D eigenvalue weighted by atomic mass is 10.2. The van der Waals surface area contributed by atoms with Gasteiger partial charge in [-0.1, -0.05) is 6.07 Å². The van der Waals surface area contributed by atoms with Crippen LogP contribution in [0, 0.1) is 12.7 Å². The minimum absolute atomic E-state index is 0.194. The molecule has 0 saturated heterocycles. The first kappa shape index (κ1) is 13.6. The lowest BCUT2D eigenvalue weighted by Crippen LogP contribution is -2.14. The molecule has 0 aliphatic rings. The van der Waals surface area contributed by atoms with Crippen LogP contribution in [0.15, 0.2) is 24.3 Å². The van der Waals surface area contributed by atoms with Crippen molar-refractivity contribution in [3.63, 3.8) is 0 Å². The SMILES string of the molecule is Cc1nc(CN)sc1CC(=O)Nc1cccc(F)c1. The third-order valence-electron chi connectivity index (χ3n) is 2.54. The van der Waals surface area contributed by atoms with E-state index in [0.29, 0.717) is 12.2 Å². The summed E-state index contributed by atoms with van der Waals surface area (Å²) in [6, 6.07) is 5.81. The van der Waals surface area contributed by atoms with E-state index in [2.05, 4.69) is 10.3 Å². The predicted molar refractivity (Wildman–Crippen MR) is 73.5 cm³/mol. The van der Waals surface area contributed by atoms with Gasteiger partial charge in [0.15, 0.2) is 0 Å². The number of amides is 1. The van der Waals surface area contributed by atoms with E-state index in [9.17, 15) is 9.18 Å². The number of anilines is 1. The van der Waals surface area contributed by atoms with Crippen molar-refractivity contribution in [1.29, 1.82) is 0 Å². The number of hydrogen-bond acceptors (Lipinski definition) is 4. The summed E-state index contributed by atoms with van der Waals surface area (Å²) < 4.78 is 13.0. The molecule has 2 aromatic rings. The molecule has 1 aromatic carbocycles. The summed E-state index contributed by atoms with van der Waals surface area (Å²) in [5, 5.41) is 3.47. The highest BCUT2D eigenvalue weighted by molar-refractivity contribution is 7.11. The molecular formula is C13H14FN3OS. The molecule has 0 saturated carbocycles. The summed E-state index contributed by atoms with van der Waals surface area (Å²) in [6.07, 6.45) is 0.222. The Bertz CT molecular complexity index is 597. The number of hydrogen-bond donors (Lipinski definition) is 2. The Morgan fingerprint density at radius 2 is 2.32 bits per heavy atom. The molecule has 2 rings (SSSR count). The maximum Gasteiger partial charge on any atom is 0.229 e. The number of aromatic nitrogens is 1. The predicted octanol–water partition coefficient (Wildman–Crippen LogP) is 2.23. The average molecular weight is 279 g/mol. The van der Waals surface area contributed by atoms with Gasteiger partial charge in [-0.15, -0.1) is 11.3 Å². The minimum Gasteiger partial charge on any atom is -0.326 e. The van der Waals surface area contributed by atoms with Crippen molar-refractivity contribution < 1.29 is 9.18 Å². The second kappa shape index (κ2) is 5.90. The van der Waals surface area contributed by atoms with Crippen molar-refractivity contribution in [2.75, 3.05) is 5.32 Å². The van der Waals surface area contributed by atoms with Crippen molar-refractivity contribution in [3.05, 3.63) is 45.7 Å². The number of nitrogens with zero attached hydrogens (tertiary/aromatic N) is 1. The van der Waals surface area contributed by atoms with Gasteiger partial charge < -0.3 is 11.1 Å². The largest absolute Gasteiger partial charge is 0.326 e. The standard InChI is InChI=1S/C13H14FN3OS/c1-8-11(19-13(7-15)16-8)6-12(18)17-10-4-2-3-9(14)5-10/h2-5H,6-7,15H2,1H3,(H,17,18). The van der Waals surface area contributed by atoms with E-state index in [1.807, 2.05) is 6.92 Å². The number of thiazole rings is 1. The van der Waals surface area contributed by atoms with Crippen molar-refractivity contribution in [2.45, 2.75) is 19.9 Å². The molecule has 0 atom stereocenters. The Morgan fingerprint density at radius 3 is 2.95 bits per heavy atom. The number of nitrogens with one attached hydrogen (secondary N) is 1. The third-order valence-corrected chi connectivity index (χ3v) is 3.72. The second-order valence-electron chi connectivity index (χ2n) is 4.06. The van der Waals surface area contributed by atoms with Crippen LogP contribution < -0.4 is 11.1 Å². The zero-order chi connectivity index (χ0) is 13.8. The molecule has 0 bridgehead atoms. The van der Waals surface area contributed by atoms with Crippen LogP contribution in [-0.2, 0) is 17.8 Å². The molecule has 0 fully saturated rings. The number of rotatable bonds is 4. The molecule has 1 amide bonds. The highest BCUT2D eigenvalue weighted by atomic mass is 32.1. The molecule has 0 unspecified atom stereocenters. The Morgan fingerprint density at radius 1 is 1.53 bits per heavy atom. The molecule has 3 N–H and O–H groups in total. The summed E-state index contributed by atoms with van der Waals surface area (Å²) in [5.41, 5.74) is 6.78. The van der Waals surface area contributed by atoms with Gasteiger partial charge in [0.05, 0.1) is 12.1 Å². The van der Waals surface area contributed by atoms with Gasteiger partial charge in [-0.05, 0) is 25.1 Å². The van der Waals surface area contributed by atoms with Gasteiger partial charge in [-0.3, -0.25) is 4.79 Å². The summed E-state index contributed by atoms with van der Waals surface area (Å²) in [5.74, 6) is -0.571. The lowest BCUT2D eigenvalue weighted by Gasteiger charge is -2.04. The van der Waals surface area contributed by atoms with Crippen LogP contribution in [0.2, 0.25) is 0 Å². The molecule has 1 heterocycles. The number of halogens is 1. The van der Waals surface area contributed by atoms with Crippen molar-refractivity contribution in [1.82, 2.24) is 4.98 Å². The van der Waals surface area contributed by atoms with Crippen LogP contribution in [0.3, 0.4) is 0 Å². The number of nitrogens with two attached hydrogens (primary N) is 1. The van der Waals surface area contributed by atoms with Crippen LogP contribution in [0.5, 0.6) is 0 Å². The molecule has 0 spiro atoms. The van der Waals surface area contributed by atoms with E-state index in [0.717, 1.165) is 15.6 Å². The molecule has 100 valence electrons. The van der Waals surface area contributed by atoms with E-state index in [1.54, 1.807) is 12.1 Å². The Hall–Kier alpha value is -1.79. The summed E-state index contributed by atoms with van der Waals surface area (Å²) in [4.78, 5) is 17.0. The van der Waals surface area contributed by atoms with Gasteiger partial charge in [-0.2, -0.15) is 0 Å². The molecule has 6 heteroatoms. The fourth-order valence-electron chi connectivity index (χ4n) is 1.66. The highest BCUT2D eigenvalue weighted by Crippen LogP contribution is 2.19. The van der Waals surface area contributed by atoms with Gasteiger partial charge >= 0.3 is 0 Å². The van der Waals surface area contributed by atoms with Crippen LogP contribution >= 0.6 is 11.3 Å². The fraction of sp³-hybridized carbons (Fsp3) is 0.231. The van der Waals surface area contributed by atoms with Gasteiger partial charge in [0.2, 0.25) is 5.91 Å². The molecule has 1 aromatic heterocycles. The zero-order valence-corrected chi connectivity index (χ0v) is 11.3. The molecule has 0 aliphatic heterocycles. The average Bonchev–Trinajstić information content (AvgIpc) is 2.70. The quantitative estimate of drug-likeness (QED) is 0.901. The maximum atomic E-state index is 13.0. The van der Waals surface area contributed by atoms with Gasteiger partial charge in [-0.25, -0.2) is 9.37 Å². The van der Waals surface area contributed by atoms with Gasteiger partial charge in [0, 0.05) is 17.1 Å². The van der Waals surface area contributed by atoms with Crippen LogP contribution in [-0.4, -0.2) is 10.9 Å². The van der Waals surface area contributed by atoms with E-state index in [1.165, 1.54) is 23.5 Å². The summed E-state index contributed by atoms with van der Waals surface area (Å²) >= 11 is 1.43. The lowest BCUT2D eigenvalue weighted by molar-refractivity contribution is -0.115. The topological polar surface area (TPSA) is 68.0 Å². The van der Waals surface area contributed by atoms with Gasteiger partial charge in [0.1, 0.15) is 10.8 Å². The van der Waals surface area contributed by atoms with Crippen molar-refractivity contribution >= 4 is 22.9 Å². The summed E-state index contributed by atoms with van der Waals surface area (Å²) in [6.45, 7) is 2.22. The molecule has 4 nitrogen and oxygen atoms in total. The van der Waals surface area contributed by atoms with Crippen LogP contribution in [0.1, 0.15) is 15.6 Å². The monoisotopic (exact) mass is 279 g/mol. The minimum atomic E-state index is -0.378. The van der Waals surface area contributed by atoms with Crippen molar-refractivity contribution in [3.8, 4) is 0 Å². The first-order valence-electron chi connectivity index (χ1n) is 5.79. The van der Waals surface area contributed by atoms with Gasteiger partial charge in [0.25, 0.3) is 0 Å². The van der Waals surface area contributed by atoms with E-state index >= 15 is 0 Å². The number of carbonyl (C=O) groups is 1. The number of benzene rings is 1. The second-order valence-corrected chi connectivity index (χ2v) is 5.22. The molecule has 0 radical (unpaired) electrons. The Balaban J connectivity index is 2.03. The van der Waals surface area contributed by atoms with E-state index < -0.39 is 0 Å². The van der Waals surface area contributed by atoms with Crippen LogP contribution in [0.25, 0.3) is 0 Å². The fourth-order valence-corrected chi connectivity index (χ4v) is 2.60. The van der Waals surface area contributed by atoms with Crippen molar-refractivity contribution in [2.24, 2.45) is 5.73 Å². The maximum absolute atomic E-state index is 13.0. The Labute approximate surface area is 114 Å². The molecular weight excluding hydrogens is 265 g/mol. The first-order valence-corrected chi connectivity index (χ1v) is 6.61. The summed E-state index contributed by atoms with van der Waals surface area (Å²) in [7, 11) is 0. The molecule has 0 aliphatic carbocycles. The zero-order valence-electron chi connectivity index (χ0n) is 10.4. The van der Waals surface area contributed by atoms with E-state index in [-0.39, 0.29) is 18.1 Å².